The summed E-state index contributed by atoms with van der Waals surface area (Å²) in [7, 11) is 1.67. The van der Waals surface area contributed by atoms with E-state index in [1.54, 1.807) is 7.11 Å². The first-order chi connectivity index (χ1) is 6.06. The largest absolute Gasteiger partial charge is 0.495 e. The predicted octanol–water partition coefficient (Wildman–Crippen LogP) is 4.23. The lowest BCUT2D eigenvalue weighted by molar-refractivity contribution is 0.405. The van der Waals surface area contributed by atoms with Crippen molar-refractivity contribution in [3.05, 3.63) is 27.2 Å². The maximum Gasteiger partial charge on any atom is 0.136 e. The molecule has 0 atom stereocenters. The van der Waals surface area contributed by atoms with Crippen molar-refractivity contribution in [2.45, 2.75) is 19.8 Å². The minimum absolute atomic E-state index is 0.407. The van der Waals surface area contributed by atoms with E-state index in [0.717, 1.165) is 20.8 Å². The second kappa shape index (κ2) is 4.34. The summed E-state index contributed by atoms with van der Waals surface area (Å²) in [5, 5.41) is 0.733. The Balaban J connectivity index is 3.29. The van der Waals surface area contributed by atoms with Gasteiger partial charge in [-0.05, 0) is 39.5 Å². The number of methoxy groups -OCH3 is 1. The van der Waals surface area contributed by atoms with Crippen LogP contribution in [-0.2, 0) is 0 Å². The van der Waals surface area contributed by atoms with Crippen molar-refractivity contribution < 1.29 is 4.74 Å². The van der Waals surface area contributed by atoms with Crippen LogP contribution in [0.2, 0.25) is 5.02 Å². The SMILES string of the molecule is COc1c(Br)cc(Cl)cc1C(C)C. The Bertz CT molecular complexity index is 310. The van der Waals surface area contributed by atoms with Gasteiger partial charge in [0.05, 0.1) is 11.6 Å². The van der Waals surface area contributed by atoms with Crippen LogP contribution in [0.5, 0.6) is 5.75 Å². The monoisotopic (exact) mass is 262 g/mol. The van der Waals surface area contributed by atoms with Crippen molar-refractivity contribution in [2.75, 3.05) is 7.11 Å². The number of hydrogen-bond acceptors (Lipinski definition) is 1. The number of ether oxygens (including phenoxy) is 1. The molecule has 72 valence electrons. The molecule has 1 aromatic rings. The van der Waals surface area contributed by atoms with Gasteiger partial charge in [-0.3, -0.25) is 0 Å². The van der Waals surface area contributed by atoms with Crippen LogP contribution in [-0.4, -0.2) is 7.11 Å². The highest BCUT2D eigenvalue weighted by Crippen LogP contribution is 2.36. The highest BCUT2D eigenvalue weighted by molar-refractivity contribution is 9.10. The molecule has 0 amide bonds. The van der Waals surface area contributed by atoms with Gasteiger partial charge in [-0.15, -0.1) is 0 Å². The zero-order chi connectivity index (χ0) is 10.0. The van der Waals surface area contributed by atoms with Crippen molar-refractivity contribution in [2.24, 2.45) is 0 Å². The van der Waals surface area contributed by atoms with Gasteiger partial charge in [-0.25, -0.2) is 0 Å². The molecule has 0 spiro atoms. The topological polar surface area (TPSA) is 9.23 Å². The van der Waals surface area contributed by atoms with Crippen LogP contribution in [0.25, 0.3) is 0 Å². The van der Waals surface area contributed by atoms with E-state index in [2.05, 4.69) is 29.8 Å². The molecule has 0 fully saturated rings. The third-order valence-electron chi connectivity index (χ3n) is 1.86. The van der Waals surface area contributed by atoms with Gasteiger partial charge in [0.25, 0.3) is 0 Å². The van der Waals surface area contributed by atoms with Gasteiger partial charge in [0.1, 0.15) is 5.75 Å². The van der Waals surface area contributed by atoms with Crippen LogP contribution in [0.1, 0.15) is 25.3 Å². The molecule has 0 saturated carbocycles. The molecule has 0 aliphatic carbocycles. The lowest BCUT2D eigenvalue weighted by atomic mass is 10.0. The fourth-order valence-corrected chi connectivity index (χ4v) is 2.22. The molecule has 1 aromatic carbocycles. The quantitative estimate of drug-likeness (QED) is 0.776. The summed E-state index contributed by atoms with van der Waals surface area (Å²) in [4.78, 5) is 0. The van der Waals surface area contributed by atoms with E-state index in [4.69, 9.17) is 16.3 Å². The Labute approximate surface area is 92.2 Å². The van der Waals surface area contributed by atoms with E-state index < -0.39 is 0 Å². The van der Waals surface area contributed by atoms with E-state index >= 15 is 0 Å². The third-order valence-corrected chi connectivity index (χ3v) is 2.67. The van der Waals surface area contributed by atoms with Crippen molar-refractivity contribution in [3.63, 3.8) is 0 Å². The van der Waals surface area contributed by atoms with E-state index in [0.29, 0.717) is 5.92 Å². The Morgan fingerprint density at radius 3 is 2.46 bits per heavy atom. The maximum atomic E-state index is 5.94. The summed E-state index contributed by atoms with van der Waals surface area (Å²) >= 11 is 9.35. The molecule has 0 radical (unpaired) electrons. The van der Waals surface area contributed by atoms with Gasteiger partial charge in [-0.1, -0.05) is 25.4 Å². The first-order valence-corrected chi connectivity index (χ1v) is 5.26. The molecule has 0 N–H and O–H groups in total. The first-order valence-electron chi connectivity index (χ1n) is 4.09. The summed E-state index contributed by atoms with van der Waals surface area (Å²) < 4.78 is 6.20. The van der Waals surface area contributed by atoms with Crippen molar-refractivity contribution in [3.8, 4) is 5.75 Å². The fraction of sp³-hybridized carbons (Fsp3) is 0.400. The number of halogens is 2. The van der Waals surface area contributed by atoms with Gasteiger partial charge < -0.3 is 4.74 Å². The molecule has 0 saturated heterocycles. The molecule has 1 nitrogen and oxygen atoms in total. The average Bonchev–Trinajstić information content (AvgIpc) is 2.02. The third kappa shape index (κ3) is 2.38. The first kappa shape index (κ1) is 10.9. The minimum atomic E-state index is 0.407. The molecule has 0 aliphatic heterocycles. The molecule has 13 heavy (non-hydrogen) atoms. The van der Waals surface area contributed by atoms with Crippen LogP contribution in [0.4, 0.5) is 0 Å². The van der Waals surface area contributed by atoms with Gasteiger partial charge in [0.15, 0.2) is 0 Å². The predicted molar refractivity (Wildman–Crippen MR) is 59.8 cm³/mol. The van der Waals surface area contributed by atoms with Crippen LogP contribution in [0, 0.1) is 0 Å². The van der Waals surface area contributed by atoms with Crippen molar-refractivity contribution in [1.82, 2.24) is 0 Å². The second-order valence-electron chi connectivity index (χ2n) is 3.16. The maximum absolute atomic E-state index is 5.94. The lowest BCUT2D eigenvalue weighted by Crippen LogP contribution is -1.95. The minimum Gasteiger partial charge on any atom is -0.495 e. The van der Waals surface area contributed by atoms with Crippen LogP contribution < -0.4 is 4.74 Å². The Morgan fingerprint density at radius 2 is 2.00 bits per heavy atom. The van der Waals surface area contributed by atoms with E-state index in [-0.39, 0.29) is 0 Å². The highest BCUT2D eigenvalue weighted by Gasteiger charge is 2.11. The van der Waals surface area contributed by atoms with Gasteiger partial charge >= 0.3 is 0 Å². The van der Waals surface area contributed by atoms with Gasteiger partial charge in [0, 0.05) is 5.02 Å². The molecule has 0 aliphatic rings. The second-order valence-corrected chi connectivity index (χ2v) is 4.46. The summed E-state index contributed by atoms with van der Waals surface area (Å²) in [6.07, 6.45) is 0. The van der Waals surface area contributed by atoms with Crippen LogP contribution in [0.3, 0.4) is 0 Å². The molecule has 0 unspecified atom stereocenters. The highest BCUT2D eigenvalue weighted by atomic mass is 79.9. The molecular weight excluding hydrogens is 251 g/mol. The van der Waals surface area contributed by atoms with Crippen molar-refractivity contribution in [1.29, 1.82) is 0 Å². The van der Waals surface area contributed by atoms with E-state index in [1.807, 2.05) is 12.1 Å². The average molecular weight is 264 g/mol. The molecule has 3 heteroatoms. The number of rotatable bonds is 2. The molecule has 1 rings (SSSR count). The van der Waals surface area contributed by atoms with Gasteiger partial charge in [0.2, 0.25) is 0 Å². The van der Waals surface area contributed by atoms with E-state index in [9.17, 15) is 0 Å². The Kier molecular flexibility index (Phi) is 3.63. The Hall–Kier alpha value is -0.210. The standard InChI is InChI=1S/C10H12BrClO/c1-6(2)8-4-7(12)5-9(11)10(8)13-3/h4-6H,1-3H3. The lowest BCUT2D eigenvalue weighted by Gasteiger charge is -2.13. The number of hydrogen-bond donors (Lipinski definition) is 0. The summed E-state index contributed by atoms with van der Waals surface area (Å²) in [6, 6.07) is 3.78. The smallest absolute Gasteiger partial charge is 0.136 e. The van der Waals surface area contributed by atoms with E-state index in [1.165, 1.54) is 0 Å². The number of benzene rings is 1. The normalized spacial score (nSPS) is 10.6. The zero-order valence-electron chi connectivity index (χ0n) is 7.90. The van der Waals surface area contributed by atoms with Crippen LogP contribution >= 0.6 is 27.5 Å². The fourth-order valence-electron chi connectivity index (χ4n) is 1.22. The zero-order valence-corrected chi connectivity index (χ0v) is 10.2. The van der Waals surface area contributed by atoms with Crippen LogP contribution in [0.15, 0.2) is 16.6 Å². The molecule has 0 aromatic heterocycles. The molecule has 0 heterocycles. The summed E-state index contributed by atoms with van der Waals surface area (Å²) in [5.74, 6) is 1.28. The molecule has 0 bridgehead atoms. The summed E-state index contributed by atoms with van der Waals surface area (Å²) in [6.45, 7) is 4.22. The Morgan fingerprint density at radius 1 is 1.38 bits per heavy atom. The summed E-state index contributed by atoms with van der Waals surface area (Å²) in [5.41, 5.74) is 1.13. The molecular formula is C10H12BrClO. The van der Waals surface area contributed by atoms with Crippen molar-refractivity contribution >= 4 is 27.5 Å². The van der Waals surface area contributed by atoms with Gasteiger partial charge in [-0.2, -0.15) is 0 Å².